The van der Waals surface area contributed by atoms with Crippen molar-refractivity contribution < 1.29 is 0 Å². The van der Waals surface area contributed by atoms with Crippen LogP contribution in [0.1, 0.15) is 0 Å². The molecule has 9 rings (SSSR count). The van der Waals surface area contributed by atoms with E-state index in [0.717, 1.165) is 38.5 Å². The van der Waals surface area contributed by atoms with Crippen LogP contribution in [0.3, 0.4) is 0 Å². The highest BCUT2D eigenvalue weighted by atomic mass is 32.1. The largest absolute Gasteiger partial charge is 0.309 e. The summed E-state index contributed by atoms with van der Waals surface area (Å²) in [4.78, 5) is 10.5. The summed E-state index contributed by atoms with van der Waals surface area (Å²) in [7, 11) is 0. The van der Waals surface area contributed by atoms with E-state index >= 15 is 0 Å². The van der Waals surface area contributed by atoms with Gasteiger partial charge >= 0.3 is 0 Å². The molecule has 0 aliphatic rings. The number of para-hydroxylation sites is 2. The van der Waals surface area contributed by atoms with Gasteiger partial charge in [0.15, 0.2) is 5.82 Å². The van der Waals surface area contributed by atoms with Gasteiger partial charge in [-0.15, -0.1) is 11.3 Å². The van der Waals surface area contributed by atoms with Gasteiger partial charge in [-0.2, -0.15) is 0 Å². The molecule has 0 bridgehead atoms. The van der Waals surface area contributed by atoms with Crippen molar-refractivity contribution in [3.63, 3.8) is 0 Å². The number of rotatable bonds is 3. The minimum atomic E-state index is 0.748. The highest BCUT2D eigenvalue weighted by Crippen LogP contribution is 2.43. The first-order chi connectivity index (χ1) is 20.8. The second-order valence-electron chi connectivity index (χ2n) is 10.6. The van der Waals surface area contributed by atoms with Crippen LogP contribution in [0.4, 0.5) is 0 Å². The highest BCUT2D eigenvalue weighted by molar-refractivity contribution is 7.26. The van der Waals surface area contributed by atoms with E-state index in [9.17, 15) is 0 Å². The molecule has 42 heavy (non-hydrogen) atoms. The van der Waals surface area contributed by atoms with Crippen molar-refractivity contribution in [2.24, 2.45) is 0 Å². The lowest BCUT2D eigenvalue weighted by Crippen LogP contribution is -1.94. The van der Waals surface area contributed by atoms with E-state index in [2.05, 4.69) is 126 Å². The molecule has 0 aliphatic heterocycles. The lowest BCUT2D eigenvalue weighted by Gasteiger charge is -2.09. The van der Waals surface area contributed by atoms with Gasteiger partial charge in [-0.05, 0) is 47.2 Å². The van der Waals surface area contributed by atoms with E-state index in [1.54, 1.807) is 11.3 Å². The monoisotopic (exact) mass is 553 g/mol. The fourth-order valence-electron chi connectivity index (χ4n) is 6.29. The topological polar surface area (TPSA) is 30.7 Å². The van der Waals surface area contributed by atoms with Gasteiger partial charge in [0, 0.05) is 37.7 Å². The summed E-state index contributed by atoms with van der Waals surface area (Å²) < 4.78 is 4.70. The minimum absolute atomic E-state index is 0.748. The van der Waals surface area contributed by atoms with Gasteiger partial charge in [-0.25, -0.2) is 9.97 Å². The molecule has 196 valence electrons. The lowest BCUT2D eigenvalue weighted by atomic mass is 10.0. The Hall–Kier alpha value is -5.32. The van der Waals surface area contributed by atoms with Crippen LogP contribution in [0.15, 0.2) is 140 Å². The predicted octanol–water partition coefficient (Wildman–Crippen LogP) is 10.4. The first-order valence-electron chi connectivity index (χ1n) is 14.1. The Morgan fingerprint density at radius 1 is 0.524 bits per heavy atom. The third-order valence-corrected chi connectivity index (χ3v) is 9.35. The van der Waals surface area contributed by atoms with Crippen molar-refractivity contribution >= 4 is 64.2 Å². The van der Waals surface area contributed by atoms with E-state index in [-0.39, 0.29) is 0 Å². The van der Waals surface area contributed by atoms with Crippen molar-refractivity contribution in [1.82, 2.24) is 14.5 Å². The number of aromatic nitrogens is 3. The van der Waals surface area contributed by atoms with Gasteiger partial charge in [0.05, 0.1) is 26.9 Å². The zero-order chi connectivity index (χ0) is 27.6. The number of nitrogens with zero attached hydrogens (tertiary/aromatic N) is 3. The van der Waals surface area contributed by atoms with E-state index in [0.29, 0.717) is 0 Å². The third-order valence-electron chi connectivity index (χ3n) is 8.20. The molecule has 0 fully saturated rings. The number of hydrogen-bond donors (Lipinski definition) is 0. The summed E-state index contributed by atoms with van der Waals surface area (Å²) in [5.74, 6) is 0.748. The number of hydrogen-bond acceptors (Lipinski definition) is 3. The molecule has 0 amide bonds. The molecule has 0 aliphatic carbocycles. The molecule has 3 heterocycles. The molecule has 0 atom stereocenters. The molecular formula is C38H23N3S. The molecule has 9 aromatic rings. The Morgan fingerprint density at radius 3 is 2.10 bits per heavy atom. The molecule has 3 nitrogen and oxygen atoms in total. The average molecular weight is 554 g/mol. The van der Waals surface area contributed by atoms with Crippen LogP contribution in [0, 0.1) is 0 Å². The fourth-order valence-corrected chi connectivity index (χ4v) is 7.46. The van der Waals surface area contributed by atoms with Gasteiger partial charge in [0.25, 0.3) is 0 Å². The van der Waals surface area contributed by atoms with Crippen molar-refractivity contribution in [3.8, 4) is 28.3 Å². The zero-order valence-electron chi connectivity index (χ0n) is 22.5. The van der Waals surface area contributed by atoms with Crippen molar-refractivity contribution in [2.75, 3.05) is 0 Å². The summed E-state index contributed by atoms with van der Waals surface area (Å²) in [6, 6.07) is 49.4. The van der Waals surface area contributed by atoms with Crippen LogP contribution in [0.2, 0.25) is 0 Å². The van der Waals surface area contributed by atoms with Crippen molar-refractivity contribution in [1.29, 1.82) is 0 Å². The smallest absolute Gasteiger partial charge is 0.160 e. The second-order valence-corrected chi connectivity index (χ2v) is 11.7. The van der Waals surface area contributed by atoms with Crippen LogP contribution in [0.25, 0.3) is 81.2 Å². The van der Waals surface area contributed by atoms with Gasteiger partial charge in [-0.1, -0.05) is 103 Å². The first kappa shape index (κ1) is 23.4. The molecule has 0 saturated heterocycles. The molecule has 6 aromatic carbocycles. The molecule has 0 spiro atoms. The maximum absolute atomic E-state index is 5.26. The highest BCUT2D eigenvalue weighted by Gasteiger charge is 2.20. The van der Waals surface area contributed by atoms with Crippen LogP contribution >= 0.6 is 11.3 Å². The first-order valence-corrected chi connectivity index (χ1v) is 14.9. The summed E-state index contributed by atoms with van der Waals surface area (Å²) in [6.45, 7) is 0. The van der Waals surface area contributed by atoms with Gasteiger partial charge in [-0.3, -0.25) is 0 Å². The lowest BCUT2D eigenvalue weighted by molar-refractivity contribution is 1.18. The molecule has 0 radical (unpaired) electrons. The molecular weight excluding hydrogens is 531 g/mol. The van der Waals surface area contributed by atoms with E-state index in [1.165, 1.54) is 42.7 Å². The quantitative estimate of drug-likeness (QED) is 0.218. The van der Waals surface area contributed by atoms with Crippen LogP contribution in [0.5, 0.6) is 0 Å². The molecule has 0 unspecified atom stereocenters. The number of fused-ring (bicyclic) bond motifs is 8. The normalized spacial score (nSPS) is 11.8. The standard InChI is InChI=1S/C38H23N3S/c1-3-12-25(13-4-1)38-39-35(37-36(40-38)34-28-16-8-7-11-24(28)20-22-33(34)42-37)26-19-21-32-30(23-26)29-17-9-10-18-31(29)41(32)27-14-5-2-6-15-27/h1-23H. The Kier molecular flexibility index (Phi) is 5.07. The fraction of sp³-hybridized carbons (Fsp3) is 0. The summed E-state index contributed by atoms with van der Waals surface area (Å²) in [6.07, 6.45) is 0. The molecule has 0 N–H and O–H groups in total. The SMILES string of the molecule is c1ccc(-c2nc(-c3ccc4c(c3)c3ccccc3n4-c3ccccc3)c3sc4ccc5ccccc5c4c3n2)cc1. The second kappa shape index (κ2) is 9.10. The van der Waals surface area contributed by atoms with E-state index < -0.39 is 0 Å². The van der Waals surface area contributed by atoms with Gasteiger partial charge < -0.3 is 4.57 Å². The molecule has 4 heteroatoms. The van der Waals surface area contributed by atoms with E-state index in [4.69, 9.17) is 9.97 Å². The average Bonchev–Trinajstić information content (AvgIpc) is 3.61. The predicted molar refractivity (Wildman–Crippen MR) is 178 cm³/mol. The molecule has 3 aromatic heterocycles. The minimum Gasteiger partial charge on any atom is -0.309 e. The number of thiophene rings is 1. The summed E-state index contributed by atoms with van der Waals surface area (Å²) in [5.41, 5.74) is 7.64. The van der Waals surface area contributed by atoms with Gasteiger partial charge in [0.1, 0.15) is 0 Å². The Balaban J connectivity index is 1.38. The third kappa shape index (κ3) is 3.46. The Morgan fingerprint density at radius 2 is 1.24 bits per heavy atom. The molecule has 0 saturated carbocycles. The van der Waals surface area contributed by atoms with Crippen LogP contribution < -0.4 is 0 Å². The number of benzene rings is 6. The summed E-state index contributed by atoms with van der Waals surface area (Å²) in [5, 5.41) is 6.10. The maximum Gasteiger partial charge on any atom is 0.160 e. The van der Waals surface area contributed by atoms with Crippen molar-refractivity contribution in [3.05, 3.63) is 140 Å². The van der Waals surface area contributed by atoms with Crippen molar-refractivity contribution in [2.45, 2.75) is 0 Å². The van der Waals surface area contributed by atoms with Crippen LogP contribution in [-0.4, -0.2) is 14.5 Å². The van der Waals surface area contributed by atoms with E-state index in [1.807, 2.05) is 18.2 Å². The van der Waals surface area contributed by atoms with Gasteiger partial charge in [0.2, 0.25) is 0 Å². The van der Waals surface area contributed by atoms with Crippen LogP contribution in [-0.2, 0) is 0 Å². The maximum atomic E-state index is 5.26. The Labute approximate surface area is 246 Å². The summed E-state index contributed by atoms with van der Waals surface area (Å²) >= 11 is 1.78. The Bertz CT molecular complexity index is 2460. The zero-order valence-corrected chi connectivity index (χ0v) is 23.3.